The van der Waals surface area contributed by atoms with E-state index in [1.54, 1.807) is 6.92 Å². The maximum Gasteiger partial charge on any atom is 0.146 e. The Kier molecular flexibility index (Phi) is 7.86. The van der Waals surface area contributed by atoms with Crippen molar-refractivity contribution in [3.8, 4) is 0 Å². The Morgan fingerprint density at radius 3 is 2.55 bits per heavy atom. The van der Waals surface area contributed by atoms with E-state index in [0.717, 1.165) is 5.56 Å². The first-order valence-electron chi connectivity index (χ1n) is 6.73. The molecule has 107 valence electrons. The van der Waals surface area contributed by atoms with Crippen molar-refractivity contribution in [1.82, 2.24) is 4.90 Å². The fourth-order valence-corrected chi connectivity index (χ4v) is 2.98. The molecule has 0 amide bonds. The van der Waals surface area contributed by atoms with Crippen molar-refractivity contribution >= 4 is 5.78 Å². The third-order valence-corrected chi connectivity index (χ3v) is 4.02. The molecule has 4 nitrogen and oxygen atoms in total. The third kappa shape index (κ3) is 4.11. The van der Waals surface area contributed by atoms with E-state index in [2.05, 4.69) is 4.90 Å². The molecule has 3 atom stereocenters. The molecule has 1 heterocycles. The predicted molar refractivity (Wildman–Crippen MR) is 74.6 cm³/mol. The molecule has 1 aliphatic rings. The summed E-state index contributed by atoms with van der Waals surface area (Å²) < 4.78 is 0. The van der Waals surface area contributed by atoms with E-state index in [1.165, 1.54) is 0 Å². The summed E-state index contributed by atoms with van der Waals surface area (Å²) in [6.45, 7) is 2.55. The fourth-order valence-electron chi connectivity index (χ4n) is 2.98. The van der Waals surface area contributed by atoms with Crippen LogP contribution in [0.15, 0.2) is 30.3 Å². The summed E-state index contributed by atoms with van der Waals surface area (Å²) in [5.74, 6) is 0.167. The minimum Gasteiger partial charge on any atom is -0.676 e. The summed E-state index contributed by atoms with van der Waals surface area (Å²) >= 11 is 0. The summed E-state index contributed by atoms with van der Waals surface area (Å²) in [5, 5.41) is 9.43. The minimum absolute atomic E-state index is 0. The maximum absolute atomic E-state index is 11.8. The first kappa shape index (κ1) is 18.3. The average Bonchev–Trinajstić information content (AvgIpc) is 2.77. The summed E-state index contributed by atoms with van der Waals surface area (Å²) in [6, 6.07) is 9.80. The van der Waals surface area contributed by atoms with Gasteiger partial charge in [-0.2, -0.15) is 0 Å². The van der Waals surface area contributed by atoms with Crippen LogP contribution in [0.2, 0.25) is 0 Å². The number of aliphatic hydroxyl groups excluding tert-OH is 1. The van der Waals surface area contributed by atoms with Crippen LogP contribution in [-0.4, -0.2) is 41.0 Å². The molecule has 1 saturated heterocycles. The first-order valence-corrected chi connectivity index (χ1v) is 6.73. The van der Waals surface area contributed by atoms with Gasteiger partial charge in [-0.3, -0.25) is 9.69 Å². The molecule has 2 N–H and O–H groups in total. The van der Waals surface area contributed by atoms with E-state index in [0.29, 0.717) is 13.0 Å². The van der Waals surface area contributed by atoms with E-state index in [4.69, 9.17) is 5.73 Å². The number of aliphatic hydroxyl groups is 1. The standard InChI is InChI=1S/C15H21N2O2.Ac/c1-11(19)14-7-13(10-18)15(8-16)17(14)9-12-5-3-2-4-6-12;/h2-6,13-16,18H,7-10H2,1H3;/q-1;. The zero-order valence-corrected chi connectivity index (χ0v) is 16.6. The molecule has 0 bridgehead atoms. The van der Waals surface area contributed by atoms with Crippen molar-refractivity contribution in [3.05, 3.63) is 41.6 Å². The molecule has 1 aromatic carbocycles. The Bertz CT molecular complexity index is 427. The predicted octanol–water partition coefficient (Wildman–Crippen LogP) is 1.88. The first-order chi connectivity index (χ1) is 9.17. The number of carbonyl (C=O) groups excluding carboxylic acids is 1. The van der Waals surface area contributed by atoms with Gasteiger partial charge < -0.3 is 10.8 Å². The normalized spacial score (nSPS) is 26.2. The average molecular weight is 488 g/mol. The van der Waals surface area contributed by atoms with Gasteiger partial charge >= 0.3 is 0 Å². The van der Waals surface area contributed by atoms with Crippen molar-refractivity contribution in [2.45, 2.75) is 32.0 Å². The van der Waals surface area contributed by atoms with Crippen LogP contribution in [0.25, 0.3) is 5.73 Å². The molecular weight excluding hydrogens is 467 g/mol. The molecule has 1 aromatic rings. The number of hydrogen-bond acceptors (Lipinski definition) is 3. The van der Waals surface area contributed by atoms with Crippen molar-refractivity contribution in [2.24, 2.45) is 5.92 Å². The Morgan fingerprint density at radius 1 is 1.40 bits per heavy atom. The number of Topliss-reactive ketones (excluding diaryl/α,β-unsaturated/α-hetero) is 1. The number of hydrogen-bond donors (Lipinski definition) is 1. The Balaban J connectivity index is 0.00000200. The van der Waals surface area contributed by atoms with Gasteiger partial charge in [-0.1, -0.05) is 30.3 Å². The number of benzene rings is 1. The van der Waals surface area contributed by atoms with Gasteiger partial charge in [0.15, 0.2) is 0 Å². The molecule has 1 aliphatic heterocycles. The van der Waals surface area contributed by atoms with Gasteiger partial charge in [0, 0.05) is 57.2 Å². The number of nitrogens with one attached hydrogen (secondary N) is 1. The van der Waals surface area contributed by atoms with Crippen molar-refractivity contribution in [2.75, 3.05) is 13.2 Å². The van der Waals surface area contributed by atoms with Gasteiger partial charge in [-0.15, -0.1) is 6.54 Å². The van der Waals surface area contributed by atoms with E-state index in [-0.39, 0.29) is 81.0 Å². The van der Waals surface area contributed by atoms with Crippen molar-refractivity contribution < 1.29 is 54.0 Å². The second-order valence-corrected chi connectivity index (χ2v) is 5.23. The molecule has 2 rings (SSSR count). The maximum atomic E-state index is 11.8. The molecule has 20 heavy (non-hydrogen) atoms. The fraction of sp³-hybridized carbons (Fsp3) is 0.533. The third-order valence-electron chi connectivity index (χ3n) is 4.02. The second-order valence-electron chi connectivity index (χ2n) is 5.23. The van der Waals surface area contributed by atoms with Crippen LogP contribution in [0.5, 0.6) is 0 Å². The number of carbonyl (C=O) groups is 1. The van der Waals surface area contributed by atoms with Gasteiger partial charge in [0.05, 0.1) is 6.04 Å². The minimum atomic E-state index is -0.160. The van der Waals surface area contributed by atoms with Crippen LogP contribution < -0.4 is 0 Å². The Morgan fingerprint density at radius 2 is 2.05 bits per heavy atom. The van der Waals surface area contributed by atoms with Crippen molar-refractivity contribution in [1.29, 1.82) is 0 Å². The zero-order valence-electron chi connectivity index (χ0n) is 11.8. The topological polar surface area (TPSA) is 64.3 Å². The Hall–Kier alpha value is 0.212. The van der Waals surface area contributed by atoms with E-state index in [1.807, 2.05) is 30.3 Å². The summed E-state index contributed by atoms with van der Waals surface area (Å²) in [5.41, 5.74) is 8.84. The zero-order chi connectivity index (χ0) is 13.8. The van der Waals surface area contributed by atoms with Crippen LogP contribution in [0, 0.1) is 50.0 Å². The van der Waals surface area contributed by atoms with Crippen LogP contribution in [-0.2, 0) is 11.3 Å². The number of rotatable bonds is 5. The smallest absolute Gasteiger partial charge is 0.146 e. The second kappa shape index (κ2) is 8.60. The molecule has 3 unspecified atom stereocenters. The van der Waals surface area contributed by atoms with Crippen LogP contribution in [0.3, 0.4) is 0 Å². The quantitative estimate of drug-likeness (QED) is 0.689. The van der Waals surface area contributed by atoms with E-state index < -0.39 is 0 Å². The Labute approximate surface area is 156 Å². The van der Waals surface area contributed by atoms with Gasteiger partial charge in [0.25, 0.3) is 0 Å². The number of nitrogens with zero attached hydrogens (tertiary/aromatic N) is 1. The van der Waals surface area contributed by atoms with Gasteiger partial charge in [-0.05, 0) is 30.9 Å². The summed E-state index contributed by atoms with van der Waals surface area (Å²) in [6.07, 6.45) is 0.669. The van der Waals surface area contributed by atoms with Gasteiger partial charge in [-0.25, -0.2) is 0 Å². The molecule has 1 fully saturated rings. The molecule has 5 heteroatoms. The molecule has 1 radical (unpaired) electrons. The van der Waals surface area contributed by atoms with E-state index in [9.17, 15) is 9.90 Å². The van der Waals surface area contributed by atoms with Crippen molar-refractivity contribution in [3.63, 3.8) is 0 Å². The number of ketones is 1. The van der Waals surface area contributed by atoms with Crippen LogP contribution in [0.4, 0.5) is 0 Å². The van der Waals surface area contributed by atoms with Gasteiger partial charge in [0.1, 0.15) is 5.78 Å². The summed E-state index contributed by atoms with van der Waals surface area (Å²) in [7, 11) is 0. The monoisotopic (exact) mass is 488 g/mol. The van der Waals surface area contributed by atoms with E-state index >= 15 is 0 Å². The molecule has 0 spiro atoms. The molecular formula is C15H21AcN2O2-. The van der Waals surface area contributed by atoms with Crippen LogP contribution in [0.1, 0.15) is 18.9 Å². The number of likely N-dealkylation sites (tertiary alicyclic amines) is 1. The van der Waals surface area contributed by atoms with Crippen LogP contribution >= 0.6 is 0 Å². The summed E-state index contributed by atoms with van der Waals surface area (Å²) in [4.78, 5) is 13.9. The SMILES string of the molecule is CC(=O)C1CC(CO)C(C[NH-])N1Cc1ccccc1.[Ac]. The molecule has 0 saturated carbocycles. The molecule has 0 aromatic heterocycles. The van der Waals surface area contributed by atoms with Gasteiger partial charge in [0.2, 0.25) is 0 Å². The molecule has 0 aliphatic carbocycles. The largest absolute Gasteiger partial charge is 0.676 e.